The number of anilines is 1. The molecule has 0 saturated heterocycles. The third kappa shape index (κ3) is 4.48. The van der Waals surface area contributed by atoms with Gasteiger partial charge in [-0.2, -0.15) is 0 Å². The Bertz CT molecular complexity index is 579. The van der Waals surface area contributed by atoms with Gasteiger partial charge in [0.25, 0.3) is 0 Å². The van der Waals surface area contributed by atoms with E-state index in [1.54, 1.807) is 12.5 Å². The summed E-state index contributed by atoms with van der Waals surface area (Å²) in [5.74, 6) is 0.678. The van der Waals surface area contributed by atoms with Gasteiger partial charge in [0.1, 0.15) is 5.75 Å². The average Bonchev–Trinajstić information content (AvgIpc) is 2.49. The fourth-order valence-electron chi connectivity index (χ4n) is 1.53. The molecule has 0 bridgehead atoms. The van der Waals surface area contributed by atoms with E-state index in [0.29, 0.717) is 0 Å². The lowest BCUT2D eigenvalue weighted by Crippen LogP contribution is -2.07. The maximum atomic E-state index is 11.7. The Morgan fingerprint density at radius 1 is 1.10 bits per heavy atom. The molecule has 2 aromatic rings. The highest BCUT2D eigenvalue weighted by atomic mass is 32.2. The van der Waals surface area contributed by atoms with Crippen molar-refractivity contribution in [3.05, 3.63) is 66.1 Å². The SMILES string of the molecule is COc1ccc(S/C=C/C(=O)Nc2ccccc2)cc1. The molecule has 0 saturated carbocycles. The van der Waals surface area contributed by atoms with Crippen molar-refractivity contribution in [3.8, 4) is 5.75 Å². The largest absolute Gasteiger partial charge is 0.497 e. The van der Waals surface area contributed by atoms with Gasteiger partial charge in [0, 0.05) is 16.7 Å². The zero-order valence-electron chi connectivity index (χ0n) is 11.1. The number of benzene rings is 2. The summed E-state index contributed by atoms with van der Waals surface area (Å²) >= 11 is 1.48. The smallest absolute Gasteiger partial charge is 0.248 e. The van der Waals surface area contributed by atoms with E-state index in [9.17, 15) is 4.79 Å². The van der Waals surface area contributed by atoms with Crippen molar-refractivity contribution in [1.29, 1.82) is 0 Å². The van der Waals surface area contributed by atoms with E-state index in [-0.39, 0.29) is 5.91 Å². The number of hydrogen-bond acceptors (Lipinski definition) is 3. The number of thioether (sulfide) groups is 1. The number of hydrogen-bond donors (Lipinski definition) is 1. The summed E-state index contributed by atoms with van der Waals surface area (Å²) in [7, 11) is 1.63. The van der Waals surface area contributed by atoms with Crippen LogP contribution in [-0.4, -0.2) is 13.0 Å². The molecule has 2 aromatic carbocycles. The number of methoxy groups -OCH3 is 1. The zero-order chi connectivity index (χ0) is 14.2. The number of para-hydroxylation sites is 1. The minimum atomic E-state index is -0.141. The van der Waals surface area contributed by atoms with Gasteiger partial charge < -0.3 is 10.1 Å². The Labute approximate surface area is 122 Å². The van der Waals surface area contributed by atoms with Crippen LogP contribution < -0.4 is 10.1 Å². The minimum absolute atomic E-state index is 0.141. The summed E-state index contributed by atoms with van der Waals surface area (Å²) in [6.07, 6.45) is 1.52. The van der Waals surface area contributed by atoms with E-state index in [4.69, 9.17) is 4.74 Å². The van der Waals surface area contributed by atoms with Crippen LogP contribution in [0.5, 0.6) is 5.75 Å². The van der Waals surface area contributed by atoms with Gasteiger partial charge in [-0.3, -0.25) is 4.79 Å². The molecule has 1 N–H and O–H groups in total. The van der Waals surface area contributed by atoms with E-state index >= 15 is 0 Å². The number of nitrogens with one attached hydrogen (secondary N) is 1. The maximum absolute atomic E-state index is 11.7. The second-order valence-electron chi connectivity index (χ2n) is 3.95. The van der Waals surface area contributed by atoms with Crippen molar-refractivity contribution in [2.45, 2.75) is 4.90 Å². The number of ether oxygens (including phenoxy) is 1. The first-order valence-electron chi connectivity index (χ1n) is 6.11. The van der Waals surface area contributed by atoms with Gasteiger partial charge in [0.15, 0.2) is 0 Å². The van der Waals surface area contributed by atoms with Crippen LogP contribution in [0.4, 0.5) is 5.69 Å². The summed E-state index contributed by atoms with van der Waals surface area (Å²) in [6.45, 7) is 0. The van der Waals surface area contributed by atoms with Crippen LogP contribution in [0.15, 0.2) is 71.0 Å². The second kappa shape index (κ2) is 7.40. The maximum Gasteiger partial charge on any atom is 0.248 e. The Hall–Kier alpha value is -2.20. The predicted octanol–water partition coefficient (Wildman–Crippen LogP) is 3.94. The van der Waals surface area contributed by atoms with Crippen molar-refractivity contribution in [2.75, 3.05) is 12.4 Å². The van der Waals surface area contributed by atoms with Gasteiger partial charge >= 0.3 is 0 Å². The molecule has 0 aliphatic rings. The molecule has 0 aromatic heterocycles. The Kier molecular flexibility index (Phi) is 5.26. The number of carbonyl (C=O) groups excluding carboxylic acids is 1. The zero-order valence-corrected chi connectivity index (χ0v) is 11.9. The molecule has 0 radical (unpaired) electrons. The molecular formula is C16H15NO2S. The summed E-state index contributed by atoms with van der Waals surface area (Å²) < 4.78 is 5.09. The Morgan fingerprint density at radius 3 is 2.45 bits per heavy atom. The van der Waals surface area contributed by atoms with Crippen LogP contribution in [0.2, 0.25) is 0 Å². The first-order chi connectivity index (χ1) is 9.78. The average molecular weight is 285 g/mol. The first-order valence-corrected chi connectivity index (χ1v) is 6.99. The van der Waals surface area contributed by atoms with Crippen LogP contribution in [0.1, 0.15) is 0 Å². The lowest BCUT2D eigenvalue weighted by atomic mass is 10.3. The fourth-order valence-corrected chi connectivity index (χ4v) is 2.18. The van der Waals surface area contributed by atoms with Gasteiger partial charge in [-0.15, -0.1) is 0 Å². The molecule has 0 unspecified atom stereocenters. The van der Waals surface area contributed by atoms with Crippen LogP contribution in [0.25, 0.3) is 0 Å². The van der Waals surface area contributed by atoms with Gasteiger partial charge in [0.2, 0.25) is 5.91 Å². The van der Waals surface area contributed by atoms with Crippen LogP contribution >= 0.6 is 11.8 Å². The number of carbonyl (C=O) groups is 1. The molecule has 20 heavy (non-hydrogen) atoms. The molecule has 1 amide bonds. The van der Waals surface area contributed by atoms with Gasteiger partial charge in [-0.25, -0.2) is 0 Å². The van der Waals surface area contributed by atoms with E-state index < -0.39 is 0 Å². The predicted molar refractivity (Wildman–Crippen MR) is 83.1 cm³/mol. The highest BCUT2D eigenvalue weighted by Crippen LogP contribution is 2.22. The monoisotopic (exact) mass is 285 g/mol. The van der Waals surface area contributed by atoms with Gasteiger partial charge in [-0.1, -0.05) is 30.0 Å². The normalized spacial score (nSPS) is 10.4. The van der Waals surface area contributed by atoms with Crippen molar-refractivity contribution in [3.63, 3.8) is 0 Å². The summed E-state index contributed by atoms with van der Waals surface area (Å²) in [4.78, 5) is 12.7. The summed E-state index contributed by atoms with van der Waals surface area (Å²) in [6, 6.07) is 17.0. The topological polar surface area (TPSA) is 38.3 Å². The van der Waals surface area contributed by atoms with E-state index in [0.717, 1.165) is 16.3 Å². The molecule has 0 aliphatic heterocycles. The number of rotatable bonds is 5. The van der Waals surface area contributed by atoms with Crippen molar-refractivity contribution in [1.82, 2.24) is 0 Å². The molecule has 4 heteroatoms. The van der Waals surface area contributed by atoms with E-state index in [1.165, 1.54) is 17.8 Å². The van der Waals surface area contributed by atoms with Crippen molar-refractivity contribution >= 4 is 23.4 Å². The quantitative estimate of drug-likeness (QED) is 0.668. The van der Waals surface area contributed by atoms with Gasteiger partial charge in [0.05, 0.1) is 7.11 Å². The summed E-state index contributed by atoms with van der Waals surface area (Å²) in [5.41, 5.74) is 0.789. The molecule has 0 fully saturated rings. The molecule has 102 valence electrons. The third-order valence-electron chi connectivity index (χ3n) is 2.52. The van der Waals surface area contributed by atoms with Crippen LogP contribution in [-0.2, 0) is 4.79 Å². The van der Waals surface area contributed by atoms with Crippen LogP contribution in [0.3, 0.4) is 0 Å². The minimum Gasteiger partial charge on any atom is -0.497 e. The molecule has 2 rings (SSSR count). The van der Waals surface area contributed by atoms with Crippen molar-refractivity contribution in [2.24, 2.45) is 0 Å². The second-order valence-corrected chi connectivity index (χ2v) is 4.93. The highest BCUT2D eigenvalue weighted by Gasteiger charge is 1.97. The Balaban J connectivity index is 1.84. The third-order valence-corrected chi connectivity index (χ3v) is 3.34. The molecule has 0 aliphatic carbocycles. The molecule has 0 atom stereocenters. The fraction of sp³-hybridized carbons (Fsp3) is 0.0625. The van der Waals surface area contributed by atoms with Crippen LogP contribution in [0, 0.1) is 0 Å². The van der Waals surface area contributed by atoms with Gasteiger partial charge in [-0.05, 0) is 41.8 Å². The molecule has 0 spiro atoms. The first kappa shape index (κ1) is 14.2. The van der Waals surface area contributed by atoms with E-state index in [2.05, 4.69) is 5.32 Å². The lowest BCUT2D eigenvalue weighted by Gasteiger charge is -2.01. The Morgan fingerprint density at radius 2 is 1.80 bits per heavy atom. The number of amides is 1. The molecular weight excluding hydrogens is 270 g/mol. The molecule has 0 heterocycles. The standard InChI is InChI=1S/C16H15NO2S/c1-19-14-7-9-15(10-8-14)20-12-11-16(18)17-13-5-3-2-4-6-13/h2-12H,1H3,(H,17,18)/b12-11+. The molecule has 3 nitrogen and oxygen atoms in total. The lowest BCUT2D eigenvalue weighted by molar-refractivity contribution is -0.111. The highest BCUT2D eigenvalue weighted by molar-refractivity contribution is 8.02. The summed E-state index contributed by atoms with van der Waals surface area (Å²) in [5, 5.41) is 4.55. The van der Waals surface area contributed by atoms with Crippen molar-refractivity contribution < 1.29 is 9.53 Å². The van der Waals surface area contributed by atoms with E-state index in [1.807, 2.05) is 54.6 Å².